The molecule has 1 heterocycles. The zero-order valence-corrected chi connectivity index (χ0v) is 10.9. The monoisotopic (exact) mass is 293 g/mol. The van der Waals surface area contributed by atoms with E-state index in [4.69, 9.17) is 5.11 Å². The van der Waals surface area contributed by atoms with Crippen molar-refractivity contribution < 1.29 is 27.9 Å². The van der Waals surface area contributed by atoms with Crippen molar-refractivity contribution in [1.82, 2.24) is 15.1 Å². The summed E-state index contributed by atoms with van der Waals surface area (Å²) in [5.41, 5.74) is 0.463. The summed E-state index contributed by atoms with van der Waals surface area (Å²) < 4.78 is 38.1. The first-order valence-corrected chi connectivity index (χ1v) is 5.77. The molecule has 0 fully saturated rings. The van der Waals surface area contributed by atoms with Gasteiger partial charge in [-0.3, -0.25) is 9.48 Å². The first-order chi connectivity index (χ1) is 9.14. The Morgan fingerprint density at radius 3 is 2.55 bits per heavy atom. The van der Waals surface area contributed by atoms with Crippen molar-refractivity contribution in [2.45, 2.75) is 32.0 Å². The Morgan fingerprint density at radius 2 is 2.10 bits per heavy atom. The minimum Gasteiger partial charge on any atom is -0.480 e. The molecule has 0 aromatic carbocycles. The van der Waals surface area contributed by atoms with Crippen LogP contribution in [0.2, 0.25) is 0 Å². The summed E-state index contributed by atoms with van der Waals surface area (Å²) in [5.74, 6) is -2.62. The van der Waals surface area contributed by atoms with E-state index < -0.39 is 30.5 Å². The number of nitrogens with one attached hydrogen (secondary N) is 1. The Morgan fingerprint density at radius 1 is 1.50 bits per heavy atom. The van der Waals surface area contributed by atoms with Gasteiger partial charge in [0, 0.05) is 13.2 Å². The largest absolute Gasteiger partial charge is 0.480 e. The zero-order chi connectivity index (χ0) is 15.5. The van der Waals surface area contributed by atoms with Gasteiger partial charge in [-0.1, -0.05) is 6.92 Å². The van der Waals surface area contributed by atoms with E-state index >= 15 is 0 Å². The van der Waals surface area contributed by atoms with Crippen LogP contribution in [0.1, 0.15) is 29.4 Å². The Kier molecular flexibility index (Phi) is 4.74. The van der Waals surface area contributed by atoms with Crippen molar-refractivity contribution in [3.63, 3.8) is 0 Å². The molecule has 0 saturated heterocycles. The highest BCUT2D eigenvalue weighted by Crippen LogP contribution is 2.22. The van der Waals surface area contributed by atoms with Gasteiger partial charge in [0.2, 0.25) is 0 Å². The molecule has 1 amide bonds. The van der Waals surface area contributed by atoms with E-state index in [-0.39, 0.29) is 5.56 Å². The van der Waals surface area contributed by atoms with E-state index in [9.17, 15) is 22.8 Å². The Bertz CT molecular complexity index is 511. The topological polar surface area (TPSA) is 84.2 Å². The number of nitrogens with zero attached hydrogens (tertiary/aromatic N) is 2. The van der Waals surface area contributed by atoms with Gasteiger partial charge in [0.15, 0.2) is 0 Å². The molecule has 0 saturated carbocycles. The Balaban J connectivity index is 2.88. The van der Waals surface area contributed by atoms with Crippen molar-refractivity contribution in [2.75, 3.05) is 0 Å². The molecule has 0 aliphatic carbocycles. The SMILES string of the molecule is CCc1nn(C)cc1C(=O)NC(CC(F)(F)F)C(=O)O. The molecular weight excluding hydrogens is 279 g/mol. The number of rotatable bonds is 5. The molecule has 1 rings (SSSR count). The average molecular weight is 293 g/mol. The van der Waals surface area contributed by atoms with Crippen molar-refractivity contribution in [3.05, 3.63) is 17.5 Å². The number of carbonyl (C=O) groups excluding carboxylic acids is 1. The molecule has 0 bridgehead atoms. The van der Waals surface area contributed by atoms with Crippen LogP contribution in [0, 0.1) is 0 Å². The predicted molar refractivity (Wildman–Crippen MR) is 62.1 cm³/mol. The van der Waals surface area contributed by atoms with E-state index in [2.05, 4.69) is 5.10 Å². The number of carboxylic acids is 1. The second-order valence-corrected chi connectivity index (χ2v) is 4.20. The summed E-state index contributed by atoms with van der Waals surface area (Å²) in [6.07, 6.45) is -4.57. The molecule has 0 aliphatic rings. The standard InChI is InChI=1S/C11H14F3N3O3/c1-3-7-6(5-17(2)16-7)9(18)15-8(10(19)20)4-11(12,13)14/h5,8H,3-4H2,1-2H3,(H,15,18)(H,19,20). The molecule has 20 heavy (non-hydrogen) atoms. The molecule has 0 radical (unpaired) electrons. The number of aliphatic carboxylic acids is 1. The quantitative estimate of drug-likeness (QED) is 0.852. The lowest BCUT2D eigenvalue weighted by Crippen LogP contribution is -2.43. The lowest BCUT2D eigenvalue weighted by atomic mass is 10.1. The van der Waals surface area contributed by atoms with Gasteiger partial charge >= 0.3 is 12.1 Å². The number of aryl methyl sites for hydroxylation is 2. The van der Waals surface area contributed by atoms with Crippen molar-refractivity contribution in [3.8, 4) is 0 Å². The van der Waals surface area contributed by atoms with E-state index in [1.165, 1.54) is 10.9 Å². The zero-order valence-electron chi connectivity index (χ0n) is 10.9. The van der Waals surface area contributed by atoms with Crippen LogP contribution in [0.4, 0.5) is 13.2 Å². The first kappa shape index (κ1) is 16.0. The van der Waals surface area contributed by atoms with Crippen LogP contribution < -0.4 is 5.32 Å². The second kappa shape index (κ2) is 5.93. The number of hydrogen-bond acceptors (Lipinski definition) is 3. The third-order valence-corrected chi connectivity index (χ3v) is 2.52. The van der Waals surface area contributed by atoms with Crippen LogP contribution in [0.15, 0.2) is 6.20 Å². The third kappa shape index (κ3) is 4.25. The van der Waals surface area contributed by atoms with E-state index in [1.807, 2.05) is 5.32 Å². The maximum absolute atomic E-state index is 12.2. The van der Waals surface area contributed by atoms with Crippen LogP contribution in [0.3, 0.4) is 0 Å². The summed E-state index contributed by atoms with van der Waals surface area (Å²) in [4.78, 5) is 22.6. The van der Waals surface area contributed by atoms with Crippen LogP contribution in [-0.4, -0.2) is 39.0 Å². The number of halogens is 3. The summed E-state index contributed by atoms with van der Waals surface area (Å²) in [5, 5.41) is 14.6. The van der Waals surface area contributed by atoms with Crippen LogP contribution in [0.25, 0.3) is 0 Å². The van der Waals surface area contributed by atoms with E-state index in [0.29, 0.717) is 12.1 Å². The molecule has 112 valence electrons. The fraction of sp³-hybridized carbons (Fsp3) is 0.545. The normalized spacial score (nSPS) is 13.1. The van der Waals surface area contributed by atoms with Crippen molar-refractivity contribution >= 4 is 11.9 Å². The third-order valence-electron chi connectivity index (χ3n) is 2.52. The molecule has 0 aliphatic heterocycles. The Hall–Kier alpha value is -2.06. The van der Waals surface area contributed by atoms with Crippen molar-refractivity contribution in [2.24, 2.45) is 7.05 Å². The molecule has 6 nitrogen and oxygen atoms in total. The fourth-order valence-corrected chi connectivity index (χ4v) is 1.65. The highest BCUT2D eigenvalue weighted by atomic mass is 19.4. The molecule has 1 atom stereocenters. The van der Waals surface area contributed by atoms with Gasteiger partial charge < -0.3 is 10.4 Å². The van der Waals surface area contributed by atoms with Gasteiger partial charge in [0.25, 0.3) is 5.91 Å². The minimum atomic E-state index is -4.68. The first-order valence-electron chi connectivity index (χ1n) is 5.77. The number of amides is 1. The molecular formula is C11H14F3N3O3. The summed E-state index contributed by atoms with van der Waals surface area (Å²) in [7, 11) is 1.56. The van der Waals surface area contributed by atoms with Gasteiger partial charge in [-0.25, -0.2) is 4.79 Å². The van der Waals surface area contributed by atoms with Gasteiger partial charge in [0.1, 0.15) is 6.04 Å². The molecule has 9 heteroatoms. The smallest absolute Gasteiger partial charge is 0.391 e. The van der Waals surface area contributed by atoms with Gasteiger partial charge in [-0.05, 0) is 6.42 Å². The van der Waals surface area contributed by atoms with Crippen LogP contribution >= 0.6 is 0 Å². The number of aromatic nitrogens is 2. The second-order valence-electron chi connectivity index (χ2n) is 4.20. The molecule has 1 unspecified atom stereocenters. The molecule has 2 N–H and O–H groups in total. The summed E-state index contributed by atoms with van der Waals surface area (Å²) in [6.45, 7) is 1.73. The highest BCUT2D eigenvalue weighted by molar-refractivity contribution is 5.97. The molecule has 1 aromatic heterocycles. The van der Waals surface area contributed by atoms with Crippen LogP contribution in [-0.2, 0) is 18.3 Å². The predicted octanol–water partition coefficient (Wildman–Crippen LogP) is 1.12. The van der Waals surface area contributed by atoms with Gasteiger partial charge in [-0.2, -0.15) is 18.3 Å². The van der Waals surface area contributed by atoms with Crippen molar-refractivity contribution in [1.29, 1.82) is 0 Å². The summed E-state index contributed by atoms with van der Waals surface area (Å²) in [6, 6.07) is -2.02. The maximum atomic E-state index is 12.2. The van der Waals surface area contributed by atoms with E-state index in [0.717, 1.165) is 0 Å². The summed E-state index contributed by atoms with van der Waals surface area (Å²) >= 11 is 0. The Labute approximate surface area is 112 Å². The van der Waals surface area contributed by atoms with Gasteiger partial charge in [-0.15, -0.1) is 0 Å². The minimum absolute atomic E-state index is 0.0726. The molecule has 0 spiro atoms. The number of carbonyl (C=O) groups is 2. The number of alkyl halides is 3. The number of hydrogen-bond donors (Lipinski definition) is 2. The maximum Gasteiger partial charge on any atom is 0.391 e. The number of carboxylic acid groups (broad SMARTS) is 1. The lowest BCUT2D eigenvalue weighted by Gasteiger charge is -2.16. The average Bonchev–Trinajstić information content (AvgIpc) is 2.67. The van der Waals surface area contributed by atoms with E-state index in [1.54, 1.807) is 14.0 Å². The fourth-order valence-electron chi connectivity index (χ4n) is 1.65. The lowest BCUT2D eigenvalue weighted by molar-refractivity contribution is -0.157. The highest BCUT2D eigenvalue weighted by Gasteiger charge is 2.36. The van der Waals surface area contributed by atoms with Gasteiger partial charge in [0.05, 0.1) is 17.7 Å². The van der Waals surface area contributed by atoms with Crippen LogP contribution in [0.5, 0.6) is 0 Å². The molecule has 1 aromatic rings.